The number of carbonyl (C=O) groups is 1. The van der Waals surface area contributed by atoms with Crippen molar-refractivity contribution in [1.82, 2.24) is 30.0 Å². The van der Waals surface area contributed by atoms with Crippen LogP contribution in [-0.4, -0.2) is 37.6 Å². The summed E-state index contributed by atoms with van der Waals surface area (Å²) in [6, 6.07) is 7.46. The van der Waals surface area contributed by atoms with Crippen LogP contribution in [0.5, 0.6) is 0 Å². The molecule has 0 aliphatic heterocycles. The molecule has 1 aromatic carbocycles. The van der Waals surface area contributed by atoms with E-state index < -0.39 is 0 Å². The molecular weight excluding hydrogens is 346 g/mol. The third-order valence-electron chi connectivity index (χ3n) is 4.34. The molecule has 4 rings (SSSR count). The van der Waals surface area contributed by atoms with Gasteiger partial charge >= 0.3 is 0 Å². The Labute approximate surface area is 154 Å². The molecule has 0 saturated carbocycles. The average molecular weight is 363 g/mol. The fourth-order valence-electron chi connectivity index (χ4n) is 2.96. The Balaban J connectivity index is 1.69. The van der Waals surface area contributed by atoms with Crippen LogP contribution in [0.4, 0.5) is 5.82 Å². The molecule has 0 bridgehead atoms. The number of nitrogens with one attached hydrogen (secondary N) is 1. The SMILES string of the molecule is CNC(=O)c1cccc(Cc2cn3c(C)c(-c4nonc4N)nc3cn2)c1. The second-order valence-electron chi connectivity index (χ2n) is 6.11. The normalized spacial score (nSPS) is 11.0. The highest BCUT2D eigenvalue weighted by molar-refractivity contribution is 5.94. The minimum Gasteiger partial charge on any atom is -0.379 e. The van der Waals surface area contributed by atoms with Crippen molar-refractivity contribution in [3.63, 3.8) is 0 Å². The van der Waals surface area contributed by atoms with Gasteiger partial charge in [-0.3, -0.25) is 9.78 Å². The number of anilines is 1. The van der Waals surface area contributed by atoms with Crippen molar-refractivity contribution in [1.29, 1.82) is 0 Å². The van der Waals surface area contributed by atoms with Gasteiger partial charge in [0.05, 0.1) is 11.9 Å². The molecule has 1 amide bonds. The van der Waals surface area contributed by atoms with Crippen LogP contribution in [0.1, 0.15) is 27.3 Å². The van der Waals surface area contributed by atoms with Crippen LogP contribution in [0.25, 0.3) is 17.0 Å². The Kier molecular flexibility index (Phi) is 4.03. The number of hydrogen-bond donors (Lipinski definition) is 2. The summed E-state index contributed by atoms with van der Waals surface area (Å²) in [5, 5.41) is 10.1. The van der Waals surface area contributed by atoms with Gasteiger partial charge in [0.1, 0.15) is 5.69 Å². The molecule has 0 atom stereocenters. The van der Waals surface area contributed by atoms with Gasteiger partial charge in [-0.25, -0.2) is 9.61 Å². The summed E-state index contributed by atoms with van der Waals surface area (Å²) in [6.07, 6.45) is 4.19. The average Bonchev–Trinajstić information content (AvgIpc) is 3.24. The van der Waals surface area contributed by atoms with Crippen molar-refractivity contribution in [2.24, 2.45) is 0 Å². The zero-order valence-electron chi connectivity index (χ0n) is 14.8. The van der Waals surface area contributed by atoms with Gasteiger partial charge < -0.3 is 15.5 Å². The molecule has 0 radical (unpaired) electrons. The third kappa shape index (κ3) is 2.99. The first-order chi connectivity index (χ1) is 13.1. The van der Waals surface area contributed by atoms with E-state index in [2.05, 4.69) is 30.2 Å². The highest BCUT2D eigenvalue weighted by Crippen LogP contribution is 2.25. The summed E-state index contributed by atoms with van der Waals surface area (Å²) in [4.78, 5) is 20.8. The Morgan fingerprint density at radius 1 is 1.30 bits per heavy atom. The molecule has 0 saturated heterocycles. The summed E-state index contributed by atoms with van der Waals surface area (Å²) in [6.45, 7) is 1.92. The van der Waals surface area contributed by atoms with Gasteiger partial charge in [-0.2, -0.15) is 0 Å². The van der Waals surface area contributed by atoms with E-state index in [0.717, 1.165) is 17.0 Å². The van der Waals surface area contributed by atoms with Crippen LogP contribution in [0.15, 0.2) is 41.3 Å². The highest BCUT2D eigenvalue weighted by atomic mass is 16.6. The van der Waals surface area contributed by atoms with Gasteiger partial charge in [0.2, 0.25) is 0 Å². The Hall–Kier alpha value is -3.75. The van der Waals surface area contributed by atoms with Gasteiger partial charge in [-0.15, -0.1) is 0 Å². The van der Waals surface area contributed by atoms with Crippen molar-refractivity contribution in [3.8, 4) is 11.4 Å². The lowest BCUT2D eigenvalue weighted by molar-refractivity contribution is 0.0963. The number of amides is 1. The fourth-order valence-corrected chi connectivity index (χ4v) is 2.96. The second kappa shape index (κ2) is 6.52. The lowest BCUT2D eigenvalue weighted by Crippen LogP contribution is -2.17. The largest absolute Gasteiger partial charge is 0.379 e. The van der Waals surface area contributed by atoms with Crippen LogP contribution >= 0.6 is 0 Å². The Morgan fingerprint density at radius 2 is 2.15 bits per heavy atom. The molecule has 9 heteroatoms. The first-order valence-electron chi connectivity index (χ1n) is 8.30. The molecule has 136 valence electrons. The van der Waals surface area contributed by atoms with Crippen LogP contribution in [0.2, 0.25) is 0 Å². The van der Waals surface area contributed by atoms with E-state index in [1.54, 1.807) is 19.3 Å². The molecule has 0 aliphatic carbocycles. The predicted octanol–water partition coefficient (Wildman–Crippen LogP) is 1.62. The topological polar surface area (TPSA) is 124 Å². The number of nitrogen functional groups attached to an aromatic ring is 1. The van der Waals surface area contributed by atoms with Crippen molar-refractivity contribution in [2.45, 2.75) is 13.3 Å². The van der Waals surface area contributed by atoms with E-state index in [4.69, 9.17) is 5.73 Å². The minimum atomic E-state index is -0.117. The van der Waals surface area contributed by atoms with Crippen molar-refractivity contribution < 1.29 is 9.42 Å². The van der Waals surface area contributed by atoms with Crippen LogP contribution in [0.3, 0.4) is 0 Å². The van der Waals surface area contributed by atoms with E-state index in [-0.39, 0.29) is 11.7 Å². The number of aromatic nitrogens is 5. The van der Waals surface area contributed by atoms with Gasteiger partial charge in [-0.1, -0.05) is 12.1 Å². The summed E-state index contributed by atoms with van der Waals surface area (Å²) >= 11 is 0. The second-order valence-corrected chi connectivity index (χ2v) is 6.11. The van der Waals surface area contributed by atoms with Gasteiger partial charge in [-0.05, 0) is 34.9 Å². The monoisotopic (exact) mass is 363 g/mol. The molecule has 0 fully saturated rings. The molecule has 0 spiro atoms. The standard InChI is InChI=1S/C18H17N7O2/c1-10-15(16-17(19)24-27-23-16)22-14-8-21-13(9-25(10)14)7-11-4-3-5-12(6-11)18(26)20-2/h3-6,8-9H,7H2,1-2H3,(H2,19,24)(H,20,26). The van der Waals surface area contributed by atoms with Crippen molar-refractivity contribution >= 4 is 17.4 Å². The van der Waals surface area contributed by atoms with Crippen LogP contribution in [0, 0.1) is 6.92 Å². The first kappa shape index (κ1) is 16.7. The number of carbonyl (C=O) groups excluding carboxylic acids is 1. The molecule has 9 nitrogen and oxygen atoms in total. The van der Waals surface area contributed by atoms with E-state index in [0.29, 0.717) is 29.0 Å². The maximum atomic E-state index is 11.8. The van der Waals surface area contributed by atoms with E-state index >= 15 is 0 Å². The zero-order chi connectivity index (χ0) is 19.0. The first-order valence-corrected chi connectivity index (χ1v) is 8.30. The van der Waals surface area contributed by atoms with Crippen LogP contribution in [-0.2, 0) is 6.42 Å². The minimum absolute atomic E-state index is 0.117. The Morgan fingerprint density at radius 3 is 2.89 bits per heavy atom. The summed E-state index contributed by atoms with van der Waals surface area (Å²) < 4.78 is 6.60. The van der Waals surface area contributed by atoms with Crippen molar-refractivity contribution in [3.05, 3.63) is 59.2 Å². The number of nitrogens with zero attached hydrogens (tertiary/aromatic N) is 5. The number of rotatable bonds is 4. The number of nitrogens with two attached hydrogens (primary N) is 1. The number of benzene rings is 1. The lowest BCUT2D eigenvalue weighted by Gasteiger charge is -2.05. The lowest BCUT2D eigenvalue weighted by atomic mass is 10.1. The summed E-state index contributed by atoms with van der Waals surface area (Å²) in [5.74, 6) is 0.0786. The Bertz CT molecular complexity index is 1150. The molecule has 3 heterocycles. The summed E-state index contributed by atoms with van der Waals surface area (Å²) in [5.41, 5.74) is 10.8. The summed E-state index contributed by atoms with van der Waals surface area (Å²) in [7, 11) is 1.61. The molecule has 4 aromatic rings. The molecular formula is C18H17N7O2. The zero-order valence-corrected chi connectivity index (χ0v) is 14.8. The van der Waals surface area contributed by atoms with Gasteiger partial charge in [0, 0.05) is 30.9 Å². The highest BCUT2D eigenvalue weighted by Gasteiger charge is 2.18. The molecule has 3 aromatic heterocycles. The fraction of sp³-hybridized carbons (Fsp3) is 0.167. The van der Waals surface area contributed by atoms with Gasteiger partial charge in [0.25, 0.3) is 5.91 Å². The number of aryl methyl sites for hydroxylation is 1. The van der Waals surface area contributed by atoms with E-state index in [1.807, 2.05) is 35.7 Å². The smallest absolute Gasteiger partial charge is 0.251 e. The quantitative estimate of drug-likeness (QED) is 0.564. The molecule has 0 unspecified atom stereocenters. The number of imidazole rings is 1. The number of fused-ring (bicyclic) bond motifs is 1. The maximum absolute atomic E-state index is 11.8. The number of hydrogen-bond acceptors (Lipinski definition) is 7. The molecule has 3 N–H and O–H groups in total. The maximum Gasteiger partial charge on any atom is 0.251 e. The predicted molar refractivity (Wildman–Crippen MR) is 98.1 cm³/mol. The van der Waals surface area contributed by atoms with Gasteiger partial charge in [0.15, 0.2) is 17.2 Å². The molecule has 27 heavy (non-hydrogen) atoms. The van der Waals surface area contributed by atoms with Crippen LogP contribution < -0.4 is 11.1 Å². The van der Waals surface area contributed by atoms with E-state index in [9.17, 15) is 4.79 Å². The van der Waals surface area contributed by atoms with Crippen molar-refractivity contribution in [2.75, 3.05) is 12.8 Å². The third-order valence-corrected chi connectivity index (χ3v) is 4.34. The van der Waals surface area contributed by atoms with E-state index in [1.165, 1.54) is 0 Å². The molecule has 0 aliphatic rings.